The molecule has 4 rings (SSSR count). The number of hydrogen-bond donors (Lipinski definition) is 0. The van der Waals surface area contributed by atoms with Crippen molar-refractivity contribution < 1.29 is 23.9 Å². The van der Waals surface area contributed by atoms with Gasteiger partial charge in [0.15, 0.2) is 5.78 Å². The number of nitrogens with zero attached hydrogens (tertiary/aromatic N) is 3. The van der Waals surface area contributed by atoms with Gasteiger partial charge < -0.3 is 9.47 Å². The number of carbonyl (C=O) groups excluding carboxylic acids is 3. The molecule has 1 amide bonds. The van der Waals surface area contributed by atoms with Crippen molar-refractivity contribution in [1.82, 2.24) is 9.88 Å². The van der Waals surface area contributed by atoms with Gasteiger partial charge in [-0.15, -0.1) is 0 Å². The Labute approximate surface area is 241 Å². The molecule has 2 heterocycles. The van der Waals surface area contributed by atoms with Gasteiger partial charge in [-0.2, -0.15) is 0 Å². The Bertz CT molecular complexity index is 1360. The van der Waals surface area contributed by atoms with Gasteiger partial charge in [0.2, 0.25) is 0 Å². The van der Waals surface area contributed by atoms with E-state index >= 15 is 0 Å². The van der Waals surface area contributed by atoms with Gasteiger partial charge in [0.05, 0.1) is 12.6 Å². The highest BCUT2D eigenvalue weighted by Gasteiger charge is 2.35. The summed E-state index contributed by atoms with van der Waals surface area (Å²) in [5.74, 6) is 0.0693. The SMILES string of the molecule is CCOC(=O)C=Cc1ccc(N(C(=O)OC(C)(C)C)[C@@H]2CCN(Cc3ccc(C(=O)c4ccccc4)cc3)C2)nc1. The monoisotopic (exact) mass is 555 g/mol. The van der Waals surface area contributed by atoms with Crippen LogP contribution in [0.2, 0.25) is 0 Å². The fourth-order valence-corrected chi connectivity index (χ4v) is 4.68. The van der Waals surface area contributed by atoms with E-state index in [0.717, 1.165) is 18.5 Å². The molecule has 1 saturated heterocycles. The standard InChI is InChI=1S/C33H37N3O5/c1-5-40-30(37)18-14-24-13-17-29(34-21-24)36(32(39)41-33(2,3)4)28-19-20-35(23-28)22-25-11-15-27(16-12-25)31(38)26-9-7-6-8-10-26/h6-18,21,28H,5,19-20,22-23H2,1-4H3/t28-/m1/s1. The maximum Gasteiger partial charge on any atom is 0.416 e. The second kappa shape index (κ2) is 13.4. The van der Waals surface area contributed by atoms with Crippen molar-refractivity contribution in [3.63, 3.8) is 0 Å². The lowest BCUT2D eigenvalue weighted by Crippen LogP contribution is -2.45. The number of amides is 1. The van der Waals surface area contributed by atoms with Crippen molar-refractivity contribution in [2.75, 3.05) is 24.6 Å². The van der Waals surface area contributed by atoms with Crippen molar-refractivity contribution >= 4 is 29.7 Å². The van der Waals surface area contributed by atoms with E-state index in [1.165, 1.54) is 6.08 Å². The maximum absolute atomic E-state index is 13.3. The summed E-state index contributed by atoms with van der Waals surface area (Å²) in [6.07, 6.45) is 4.91. The molecule has 0 aliphatic carbocycles. The number of rotatable bonds is 9. The highest BCUT2D eigenvalue weighted by molar-refractivity contribution is 6.08. The molecule has 1 aliphatic rings. The van der Waals surface area contributed by atoms with Gasteiger partial charge in [-0.25, -0.2) is 14.6 Å². The zero-order valence-electron chi connectivity index (χ0n) is 24.1. The van der Waals surface area contributed by atoms with Crippen LogP contribution in [-0.2, 0) is 20.8 Å². The van der Waals surface area contributed by atoms with Crippen LogP contribution in [0.25, 0.3) is 6.08 Å². The van der Waals surface area contributed by atoms with E-state index in [9.17, 15) is 14.4 Å². The summed E-state index contributed by atoms with van der Waals surface area (Å²) in [4.78, 5) is 46.2. The van der Waals surface area contributed by atoms with E-state index in [2.05, 4.69) is 9.88 Å². The molecular weight excluding hydrogens is 518 g/mol. The Morgan fingerprint density at radius 2 is 1.71 bits per heavy atom. The van der Waals surface area contributed by atoms with Crippen LogP contribution >= 0.6 is 0 Å². The lowest BCUT2D eigenvalue weighted by Gasteiger charge is -2.31. The van der Waals surface area contributed by atoms with E-state index in [4.69, 9.17) is 9.47 Å². The van der Waals surface area contributed by atoms with Gasteiger partial charge >= 0.3 is 12.1 Å². The van der Waals surface area contributed by atoms with Crippen LogP contribution in [0.15, 0.2) is 79.0 Å². The van der Waals surface area contributed by atoms with Crippen LogP contribution in [-0.4, -0.2) is 59.1 Å². The lowest BCUT2D eigenvalue weighted by atomic mass is 10.0. The Morgan fingerprint density at radius 1 is 1.00 bits per heavy atom. The molecule has 0 unspecified atom stereocenters. The number of pyridine rings is 1. The number of carbonyl (C=O) groups is 3. The van der Waals surface area contributed by atoms with Crippen molar-refractivity contribution in [2.24, 2.45) is 0 Å². The molecule has 1 fully saturated rings. The molecule has 0 bridgehead atoms. The Hall–Kier alpha value is -4.30. The molecule has 1 aromatic heterocycles. The fourth-order valence-electron chi connectivity index (χ4n) is 4.68. The summed E-state index contributed by atoms with van der Waals surface area (Å²) in [5, 5.41) is 0. The third kappa shape index (κ3) is 8.35. The number of benzene rings is 2. The first kappa shape index (κ1) is 29.7. The minimum absolute atomic E-state index is 0.00119. The normalized spacial score (nSPS) is 15.6. The maximum atomic E-state index is 13.3. The zero-order chi connectivity index (χ0) is 29.4. The minimum Gasteiger partial charge on any atom is -0.463 e. The van der Waals surface area contributed by atoms with Crippen LogP contribution in [0.1, 0.15) is 61.2 Å². The van der Waals surface area contributed by atoms with Gasteiger partial charge in [-0.3, -0.25) is 14.6 Å². The second-order valence-electron chi connectivity index (χ2n) is 11.0. The van der Waals surface area contributed by atoms with Gasteiger partial charge in [0.25, 0.3) is 0 Å². The first-order valence-electron chi connectivity index (χ1n) is 13.9. The largest absolute Gasteiger partial charge is 0.463 e. The van der Waals surface area contributed by atoms with E-state index < -0.39 is 17.7 Å². The van der Waals surface area contributed by atoms with Crippen molar-refractivity contribution in [2.45, 2.75) is 52.3 Å². The minimum atomic E-state index is -0.658. The Kier molecular flexibility index (Phi) is 9.68. The lowest BCUT2D eigenvalue weighted by molar-refractivity contribution is -0.137. The molecule has 1 atom stereocenters. The predicted octanol–water partition coefficient (Wildman–Crippen LogP) is 5.90. The highest BCUT2D eigenvalue weighted by atomic mass is 16.6. The Balaban J connectivity index is 1.44. The molecule has 0 N–H and O–H groups in total. The molecule has 8 heteroatoms. The third-order valence-electron chi connectivity index (χ3n) is 6.58. The average molecular weight is 556 g/mol. The number of hydrogen-bond acceptors (Lipinski definition) is 7. The molecule has 0 radical (unpaired) electrons. The van der Waals surface area contributed by atoms with E-state index in [-0.39, 0.29) is 11.8 Å². The van der Waals surface area contributed by atoms with Gasteiger partial charge in [-0.1, -0.05) is 54.6 Å². The van der Waals surface area contributed by atoms with E-state index in [1.807, 2.05) is 75.4 Å². The number of likely N-dealkylation sites (tertiary alicyclic amines) is 1. The topological polar surface area (TPSA) is 89.0 Å². The van der Waals surface area contributed by atoms with Crippen LogP contribution in [0, 0.1) is 0 Å². The summed E-state index contributed by atoms with van der Waals surface area (Å²) in [6, 6.07) is 20.4. The van der Waals surface area contributed by atoms with Crippen LogP contribution in [0.3, 0.4) is 0 Å². The van der Waals surface area contributed by atoms with Gasteiger partial charge in [0, 0.05) is 43.0 Å². The summed E-state index contributed by atoms with van der Waals surface area (Å²) in [7, 11) is 0. The molecule has 0 saturated carbocycles. The molecule has 3 aromatic rings. The van der Waals surface area contributed by atoms with Gasteiger partial charge in [0.1, 0.15) is 11.4 Å². The van der Waals surface area contributed by atoms with Crippen LogP contribution in [0.4, 0.5) is 10.6 Å². The first-order chi connectivity index (χ1) is 19.6. The molecule has 214 valence electrons. The summed E-state index contributed by atoms with van der Waals surface area (Å²) < 4.78 is 10.7. The molecule has 0 spiro atoms. The number of aromatic nitrogens is 1. The van der Waals surface area contributed by atoms with Crippen molar-refractivity contribution in [1.29, 1.82) is 0 Å². The van der Waals surface area contributed by atoms with Crippen LogP contribution < -0.4 is 4.90 Å². The highest BCUT2D eigenvalue weighted by Crippen LogP contribution is 2.26. The number of esters is 1. The summed E-state index contributed by atoms with van der Waals surface area (Å²) in [6.45, 7) is 9.73. The van der Waals surface area contributed by atoms with E-state index in [1.54, 1.807) is 36.2 Å². The summed E-state index contributed by atoms with van der Waals surface area (Å²) >= 11 is 0. The van der Waals surface area contributed by atoms with Crippen molar-refractivity contribution in [3.8, 4) is 0 Å². The smallest absolute Gasteiger partial charge is 0.416 e. The predicted molar refractivity (Wildman–Crippen MR) is 159 cm³/mol. The number of ketones is 1. The number of ether oxygens (including phenoxy) is 2. The second-order valence-corrected chi connectivity index (χ2v) is 11.0. The fraction of sp³-hybridized carbons (Fsp3) is 0.333. The molecule has 8 nitrogen and oxygen atoms in total. The van der Waals surface area contributed by atoms with Gasteiger partial charge in [-0.05, 0) is 63.5 Å². The molecular formula is C33H37N3O5. The average Bonchev–Trinajstić information content (AvgIpc) is 3.40. The van der Waals surface area contributed by atoms with E-state index in [0.29, 0.717) is 42.2 Å². The summed E-state index contributed by atoms with van der Waals surface area (Å²) in [5.41, 5.74) is 2.47. The molecule has 41 heavy (non-hydrogen) atoms. The first-order valence-corrected chi connectivity index (χ1v) is 13.9. The quantitative estimate of drug-likeness (QED) is 0.184. The molecule has 1 aliphatic heterocycles. The third-order valence-corrected chi connectivity index (χ3v) is 6.58. The van der Waals surface area contributed by atoms with Crippen LogP contribution in [0.5, 0.6) is 0 Å². The van der Waals surface area contributed by atoms with Crippen molar-refractivity contribution in [3.05, 3.63) is 101 Å². The number of anilines is 1. The Morgan fingerprint density at radius 3 is 2.34 bits per heavy atom. The molecule has 2 aromatic carbocycles. The zero-order valence-corrected chi connectivity index (χ0v) is 24.1.